The lowest BCUT2D eigenvalue weighted by Gasteiger charge is -2.18. The highest BCUT2D eigenvalue weighted by molar-refractivity contribution is 5.80. The van der Waals surface area contributed by atoms with Crippen molar-refractivity contribution in [1.29, 1.82) is 0 Å². The lowest BCUT2D eigenvalue weighted by atomic mass is 10.0. The average Bonchev–Trinajstić information content (AvgIpc) is 3.18. The highest BCUT2D eigenvalue weighted by Gasteiger charge is 2.42. The van der Waals surface area contributed by atoms with E-state index >= 15 is 0 Å². The fraction of sp³-hybridized carbons (Fsp3) is 0.917. The minimum atomic E-state index is 0.272. The zero-order valence-electron chi connectivity index (χ0n) is 10.7. The van der Waals surface area contributed by atoms with Crippen LogP contribution in [-0.4, -0.2) is 48.7 Å². The van der Waals surface area contributed by atoms with Crippen LogP contribution in [0.15, 0.2) is 5.16 Å². The van der Waals surface area contributed by atoms with Crippen LogP contribution in [0.1, 0.15) is 32.1 Å². The highest BCUT2D eigenvalue weighted by Crippen LogP contribution is 2.48. The number of rotatable bonds is 8. The number of nitrogens with two attached hydrogens (primary N) is 1. The summed E-state index contributed by atoms with van der Waals surface area (Å²) in [4.78, 5) is 2.43. The fourth-order valence-electron chi connectivity index (χ4n) is 2.32. The van der Waals surface area contributed by atoms with E-state index in [-0.39, 0.29) is 5.41 Å². The molecule has 0 radical (unpaired) electrons. The number of likely N-dealkylation sites (N-methyl/N-ethyl adjacent to an activating group) is 1. The van der Waals surface area contributed by atoms with Crippen LogP contribution in [0.3, 0.4) is 0 Å². The molecule has 0 aliphatic heterocycles. The fourth-order valence-corrected chi connectivity index (χ4v) is 2.32. The van der Waals surface area contributed by atoms with Gasteiger partial charge in [-0.05, 0) is 38.1 Å². The average molecular weight is 240 g/mol. The number of nitrogens with one attached hydrogen (secondary N) is 1. The van der Waals surface area contributed by atoms with Crippen LogP contribution < -0.4 is 11.1 Å². The van der Waals surface area contributed by atoms with Crippen molar-refractivity contribution in [3.05, 3.63) is 0 Å². The second-order valence-corrected chi connectivity index (χ2v) is 5.66. The van der Waals surface area contributed by atoms with Gasteiger partial charge < -0.3 is 21.2 Å². The molecule has 0 spiro atoms. The molecule has 2 fully saturated rings. The molecular formula is C12H24N4O. The van der Waals surface area contributed by atoms with E-state index in [9.17, 15) is 0 Å². The van der Waals surface area contributed by atoms with E-state index in [1.165, 1.54) is 25.7 Å². The molecule has 4 N–H and O–H groups in total. The number of hydrogen-bond acceptors (Lipinski definition) is 4. The molecule has 0 unspecified atom stereocenters. The molecule has 0 amide bonds. The predicted molar refractivity (Wildman–Crippen MR) is 68.2 cm³/mol. The van der Waals surface area contributed by atoms with Gasteiger partial charge in [0.1, 0.15) is 5.84 Å². The summed E-state index contributed by atoms with van der Waals surface area (Å²) in [5.74, 6) is 0.361. The van der Waals surface area contributed by atoms with Crippen LogP contribution in [0, 0.1) is 5.41 Å². The van der Waals surface area contributed by atoms with E-state index in [4.69, 9.17) is 10.9 Å². The van der Waals surface area contributed by atoms with Crippen LogP contribution in [0.5, 0.6) is 0 Å². The van der Waals surface area contributed by atoms with E-state index in [2.05, 4.69) is 22.4 Å². The van der Waals surface area contributed by atoms with Crippen molar-refractivity contribution in [2.45, 2.75) is 38.1 Å². The van der Waals surface area contributed by atoms with Crippen molar-refractivity contribution >= 4 is 5.84 Å². The van der Waals surface area contributed by atoms with E-state index in [0.717, 1.165) is 32.1 Å². The Hall–Kier alpha value is -0.810. The highest BCUT2D eigenvalue weighted by atomic mass is 16.4. The largest absolute Gasteiger partial charge is 0.409 e. The van der Waals surface area contributed by atoms with Crippen molar-refractivity contribution in [2.24, 2.45) is 16.3 Å². The molecule has 0 saturated heterocycles. The lowest BCUT2D eigenvalue weighted by Crippen LogP contribution is -2.34. The van der Waals surface area contributed by atoms with Crippen molar-refractivity contribution in [3.8, 4) is 0 Å². The topological polar surface area (TPSA) is 73.9 Å². The quantitative estimate of drug-likeness (QED) is 0.191. The van der Waals surface area contributed by atoms with Crippen LogP contribution >= 0.6 is 0 Å². The SMILES string of the molecule is CN(CCNCC1(CC(N)=NO)CC1)C1CC1. The number of nitrogens with zero attached hydrogens (tertiary/aromatic N) is 2. The Morgan fingerprint density at radius 2 is 2.24 bits per heavy atom. The van der Waals surface area contributed by atoms with Crippen LogP contribution in [-0.2, 0) is 0 Å². The molecule has 2 aliphatic carbocycles. The maximum absolute atomic E-state index is 8.57. The Bertz CT molecular complexity index is 284. The number of oxime groups is 1. The van der Waals surface area contributed by atoms with Crippen molar-refractivity contribution < 1.29 is 5.21 Å². The predicted octanol–water partition coefficient (Wildman–Crippen LogP) is 0.587. The van der Waals surface area contributed by atoms with Crippen molar-refractivity contribution in [1.82, 2.24) is 10.2 Å². The van der Waals surface area contributed by atoms with E-state index in [0.29, 0.717) is 5.84 Å². The maximum Gasteiger partial charge on any atom is 0.139 e. The summed E-state index contributed by atoms with van der Waals surface area (Å²) in [6.45, 7) is 3.14. The zero-order chi connectivity index (χ0) is 12.3. The Morgan fingerprint density at radius 3 is 2.76 bits per heavy atom. The van der Waals surface area contributed by atoms with Gasteiger partial charge in [0.2, 0.25) is 0 Å². The second kappa shape index (κ2) is 5.23. The molecule has 5 nitrogen and oxygen atoms in total. The number of hydrogen-bond donors (Lipinski definition) is 3. The molecule has 0 aromatic carbocycles. The molecule has 2 aliphatic rings. The number of amidine groups is 1. The molecule has 0 heterocycles. The standard InChI is InChI=1S/C12H24N4O/c1-16(10-2-3-10)7-6-14-9-12(4-5-12)8-11(13)15-17/h10,14,17H,2-9H2,1H3,(H2,13,15). The Kier molecular flexibility index (Phi) is 3.89. The minimum Gasteiger partial charge on any atom is -0.409 e. The van der Waals surface area contributed by atoms with Gasteiger partial charge in [-0.1, -0.05) is 5.16 Å². The third kappa shape index (κ3) is 3.85. The molecular weight excluding hydrogens is 216 g/mol. The summed E-state index contributed by atoms with van der Waals surface area (Å²) >= 11 is 0. The molecule has 2 rings (SSSR count). The van der Waals surface area contributed by atoms with E-state index in [1.807, 2.05) is 0 Å². The Morgan fingerprint density at radius 1 is 1.53 bits per heavy atom. The first-order valence-corrected chi connectivity index (χ1v) is 6.53. The monoisotopic (exact) mass is 240 g/mol. The van der Waals surface area contributed by atoms with Crippen LogP contribution in [0.4, 0.5) is 0 Å². The van der Waals surface area contributed by atoms with Gasteiger partial charge in [-0.2, -0.15) is 0 Å². The second-order valence-electron chi connectivity index (χ2n) is 5.66. The minimum absolute atomic E-state index is 0.272. The van der Waals surface area contributed by atoms with Crippen molar-refractivity contribution in [2.75, 3.05) is 26.7 Å². The summed E-state index contributed by atoms with van der Waals surface area (Å²) < 4.78 is 0. The van der Waals surface area contributed by atoms with E-state index in [1.54, 1.807) is 0 Å². The van der Waals surface area contributed by atoms with Gasteiger partial charge in [0.25, 0.3) is 0 Å². The summed E-state index contributed by atoms with van der Waals surface area (Å²) in [6.07, 6.45) is 5.83. The molecule has 0 aromatic heterocycles. The Balaban J connectivity index is 1.58. The first-order valence-electron chi connectivity index (χ1n) is 6.53. The smallest absolute Gasteiger partial charge is 0.139 e. The Labute approximate surface area is 103 Å². The van der Waals surface area contributed by atoms with Gasteiger partial charge in [-0.25, -0.2) is 0 Å². The van der Waals surface area contributed by atoms with Crippen LogP contribution in [0.25, 0.3) is 0 Å². The summed E-state index contributed by atoms with van der Waals surface area (Å²) in [7, 11) is 2.20. The normalized spacial score (nSPS) is 23.1. The molecule has 0 aromatic rings. The molecule has 5 heteroatoms. The van der Waals surface area contributed by atoms with E-state index < -0.39 is 0 Å². The van der Waals surface area contributed by atoms with Gasteiger partial charge in [-0.3, -0.25) is 0 Å². The zero-order valence-corrected chi connectivity index (χ0v) is 10.7. The molecule has 0 atom stereocenters. The summed E-state index contributed by atoms with van der Waals surface area (Å²) in [5.41, 5.74) is 5.84. The maximum atomic E-state index is 8.57. The summed E-state index contributed by atoms with van der Waals surface area (Å²) in [6, 6.07) is 0.837. The third-order valence-corrected chi connectivity index (χ3v) is 3.95. The van der Waals surface area contributed by atoms with Gasteiger partial charge in [0.05, 0.1) is 0 Å². The van der Waals surface area contributed by atoms with Crippen molar-refractivity contribution in [3.63, 3.8) is 0 Å². The third-order valence-electron chi connectivity index (χ3n) is 3.95. The molecule has 2 saturated carbocycles. The lowest BCUT2D eigenvalue weighted by molar-refractivity contribution is 0.309. The van der Waals surface area contributed by atoms with Crippen LogP contribution in [0.2, 0.25) is 0 Å². The van der Waals surface area contributed by atoms with Gasteiger partial charge in [0.15, 0.2) is 0 Å². The van der Waals surface area contributed by atoms with Gasteiger partial charge in [-0.15, -0.1) is 0 Å². The first-order chi connectivity index (χ1) is 8.15. The molecule has 98 valence electrons. The first kappa shape index (κ1) is 12.6. The van der Waals surface area contributed by atoms with Gasteiger partial charge >= 0.3 is 0 Å². The molecule has 0 bridgehead atoms. The molecule has 17 heavy (non-hydrogen) atoms. The summed E-state index contributed by atoms with van der Waals surface area (Å²) in [5, 5.41) is 15.1. The van der Waals surface area contributed by atoms with Gasteiger partial charge in [0, 0.05) is 32.1 Å².